The van der Waals surface area contributed by atoms with E-state index in [1.54, 1.807) is 0 Å². The van der Waals surface area contributed by atoms with Crippen LogP contribution in [0.3, 0.4) is 0 Å². The molecule has 0 saturated heterocycles. The highest BCUT2D eigenvalue weighted by Gasteiger charge is 2.26. The molecule has 14 heavy (non-hydrogen) atoms. The molecule has 78 valence electrons. The molecule has 0 aromatic rings. The predicted octanol–water partition coefficient (Wildman–Crippen LogP) is 2.08. The normalized spacial score (nSPS) is 26.2. The summed E-state index contributed by atoms with van der Waals surface area (Å²) in [7, 11) is -0.874. The average molecular weight is 210 g/mol. The van der Waals surface area contributed by atoms with E-state index in [-0.39, 0.29) is 12.1 Å². The molecule has 0 aromatic carbocycles. The summed E-state index contributed by atoms with van der Waals surface area (Å²) in [6, 6.07) is 0. The molecule has 3 heteroatoms. The molecule has 0 aromatic heterocycles. The van der Waals surface area contributed by atoms with E-state index in [2.05, 4.69) is 38.2 Å². The first-order valence-corrected chi connectivity index (χ1v) is 7.96. The van der Waals surface area contributed by atoms with E-state index in [9.17, 15) is 4.79 Å². The third kappa shape index (κ3) is 2.58. The Labute approximate surface area is 87.3 Å². The van der Waals surface area contributed by atoms with Gasteiger partial charge in [0.25, 0.3) is 0 Å². The van der Waals surface area contributed by atoms with Gasteiger partial charge in [-0.1, -0.05) is 38.2 Å². The second-order valence-corrected chi connectivity index (χ2v) is 7.07. The van der Waals surface area contributed by atoms with Crippen molar-refractivity contribution in [3.8, 4) is 0 Å². The largest absolute Gasteiger partial charge is 0.458 e. The Morgan fingerprint density at radius 1 is 1.50 bits per heavy atom. The first kappa shape index (κ1) is 11.2. The number of ether oxygens (including phenoxy) is 1. The lowest BCUT2D eigenvalue weighted by Crippen LogP contribution is -2.32. The number of carbonyl (C=O) groups is 1. The number of hydrogen-bond acceptors (Lipinski definition) is 2. The molecule has 0 heterocycles. The van der Waals surface area contributed by atoms with E-state index in [1.165, 1.54) is 12.1 Å². The van der Waals surface area contributed by atoms with Crippen LogP contribution in [0.2, 0.25) is 13.1 Å². The molecule has 0 aliphatic heterocycles. The zero-order valence-electron chi connectivity index (χ0n) is 9.28. The maximum atomic E-state index is 11.0. The molecule has 0 unspecified atom stereocenters. The molecule has 0 spiro atoms. The van der Waals surface area contributed by atoms with Crippen molar-refractivity contribution in [2.45, 2.75) is 33.0 Å². The summed E-state index contributed by atoms with van der Waals surface area (Å²) in [6.07, 6.45) is 6.27. The topological polar surface area (TPSA) is 26.3 Å². The molecule has 1 aliphatic carbocycles. The fraction of sp³-hybridized carbons (Fsp3) is 0.545. The maximum Gasteiger partial charge on any atom is 0.303 e. The standard InChI is InChI=1S/C11H18O2Si/c1-8-6-5-7-10(14(3)4)11(8)13-9(2)12/h5-8,11,14H,1-4H3/t8-,11-/m0/s1. The van der Waals surface area contributed by atoms with Gasteiger partial charge < -0.3 is 4.74 Å². The van der Waals surface area contributed by atoms with Crippen molar-refractivity contribution < 1.29 is 9.53 Å². The molecule has 0 saturated carbocycles. The van der Waals surface area contributed by atoms with Crippen molar-refractivity contribution in [2.24, 2.45) is 5.92 Å². The molecule has 1 aliphatic rings. The summed E-state index contributed by atoms with van der Waals surface area (Å²) in [5.41, 5.74) is 0. The van der Waals surface area contributed by atoms with Crippen LogP contribution in [0.5, 0.6) is 0 Å². The second-order valence-electron chi connectivity index (χ2n) is 4.10. The van der Waals surface area contributed by atoms with Gasteiger partial charge in [0, 0.05) is 12.8 Å². The van der Waals surface area contributed by atoms with Crippen molar-refractivity contribution in [2.75, 3.05) is 0 Å². The monoisotopic (exact) mass is 210 g/mol. The zero-order chi connectivity index (χ0) is 10.7. The summed E-state index contributed by atoms with van der Waals surface area (Å²) in [5, 5.41) is 1.34. The number of esters is 1. The summed E-state index contributed by atoms with van der Waals surface area (Å²) in [4.78, 5) is 11.0. The third-order valence-corrected chi connectivity index (χ3v) is 4.32. The minimum absolute atomic E-state index is 0.0100. The highest BCUT2D eigenvalue weighted by molar-refractivity contribution is 6.64. The fourth-order valence-electron chi connectivity index (χ4n) is 1.72. The van der Waals surface area contributed by atoms with Crippen LogP contribution in [0.1, 0.15) is 13.8 Å². The van der Waals surface area contributed by atoms with Crippen LogP contribution in [-0.2, 0) is 9.53 Å². The lowest BCUT2D eigenvalue weighted by molar-refractivity contribution is -0.145. The van der Waals surface area contributed by atoms with Crippen molar-refractivity contribution in [3.05, 3.63) is 23.4 Å². The van der Waals surface area contributed by atoms with Gasteiger partial charge in [-0.15, -0.1) is 0 Å². The van der Waals surface area contributed by atoms with E-state index < -0.39 is 8.80 Å². The molecule has 2 atom stereocenters. The predicted molar refractivity (Wildman–Crippen MR) is 60.8 cm³/mol. The lowest BCUT2D eigenvalue weighted by Gasteiger charge is -2.28. The van der Waals surface area contributed by atoms with Crippen LogP contribution in [0.25, 0.3) is 0 Å². The highest BCUT2D eigenvalue weighted by Crippen LogP contribution is 2.24. The van der Waals surface area contributed by atoms with Gasteiger partial charge in [-0.3, -0.25) is 4.79 Å². The molecule has 0 amide bonds. The van der Waals surface area contributed by atoms with E-state index in [0.29, 0.717) is 5.92 Å². The molecular weight excluding hydrogens is 192 g/mol. The Hall–Kier alpha value is -0.833. The summed E-state index contributed by atoms with van der Waals surface area (Å²) in [6.45, 7) is 8.08. The number of carbonyl (C=O) groups excluding carboxylic acids is 1. The smallest absolute Gasteiger partial charge is 0.303 e. The van der Waals surface area contributed by atoms with Crippen molar-refractivity contribution in [1.82, 2.24) is 0 Å². The molecule has 1 rings (SSSR count). The summed E-state index contributed by atoms with van der Waals surface area (Å²) >= 11 is 0. The van der Waals surface area contributed by atoms with Crippen molar-refractivity contribution >= 4 is 14.8 Å². The molecule has 0 bridgehead atoms. The van der Waals surface area contributed by atoms with Gasteiger partial charge in [0.15, 0.2) is 0 Å². The van der Waals surface area contributed by atoms with Gasteiger partial charge in [-0.25, -0.2) is 0 Å². The van der Waals surface area contributed by atoms with E-state index in [1.807, 2.05) is 0 Å². The molecule has 0 radical (unpaired) electrons. The average Bonchev–Trinajstić information content (AvgIpc) is 2.07. The van der Waals surface area contributed by atoms with E-state index in [0.717, 1.165) is 0 Å². The van der Waals surface area contributed by atoms with Crippen LogP contribution in [0, 0.1) is 5.92 Å². The minimum Gasteiger partial charge on any atom is -0.458 e. The Balaban J connectivity index is 2.83. The van der Waals surface area contributed by atoms with Gasteiger partial charge in [0.2, 0.25) is 0 Å². The quantitative estimate of drug-likeness (QED) is 0.515. The first-order chi connectivity index (χ1) is 6.52. The van der Waals surface area contributed by atoms with Crippen LogP contribution < -0.4 is 0 Å². The van der Waals surface area contributed by atoms with Gasteiger partial charge in [-0.2, -0.15) is 0 Å². The Morgan fingerprint density at radius 2 is 2.14 bits per heavy atom. The minimum atomic E-state index is -0.874. The van der Waals surface area contributed by atoms with E-state index in [4.69, 9.17) is 4.74 Å². The van der Waals surface area contributed by atoms with Gasteiger partial charge in [0.1, 0.15) is 6.10 Å². The molecule has 0 N–H and O–H groups in total. The second kappa shape index (κ2) is 4.60. The number of hydrogen-bond donors (Lipinski definition) is 0. The van der Waals surface area contributed by atoms with Gasteiger partial charge >= 0.3 is 5.97 Å². The fourth-order valence-corrected chi connectivity index (χ4v) is 3.24. The molecule has 0 fully saturated rings. The number of rotatable bonds is 2. The van der Waals surface area contributed by atoms with Gasteiger partial charge in [-0.05, 0) is 5.20 Å². The highest BCUT2D eigenvalue weighted by atomic mass is 28.3. The van der Waals surface area contributed by atoms with Crippen LogP contribution >= 0.6 is 0 Å². The first-order valence-electron chi connectivity index (χ1n) is 5.08. The maximum absolute atomic E-state index is 11.0. The molecule has 2 nitrogen and oxygen atoms in total. The SMILES string of the molecule is CC(=O)O[C@@H]1C([SiH](C)C)=CC=C[C@@H]1C. The number of allylic oxidation sites excluding steroid dienone is 2. The summed E-state index contributed by atoms with van der Waals surface area (Å²) in [5.74, 6) is 0.131. The lowest BCUT2D eigenvalue weighted by atomic mass is 9.99. The Bertz CT molecular complexity index is 279. The van der Waals surface area contributed by atoms with Crippen LogP contribution in [0.4, 0.5) is 0 Å². The third-order valence-electron chi connectivity index (χ3n) is 2.47. The van der Waals surface area contributed by atoms with Crippen LogP contribution in [-0.4, -0.2) is 20.9 Å². The zero-order valence-corrected chi connectivity index (χ0v) is 10.4. The van der Waals surface area contributed by atoms with E-state index >= 15 is 0 Å². The Morgan fingerprint density at radius 3 is 2.64 bits per heavy atom. The van der Waals surface area contributed by atoms with Crippen LogP contribution in [0.15, 0.2) is 23.4 Å². The van der Waals surface area contributed by atoms with Crippen molar-refractivity contribution in [1.29, 1.82) is 0 Å². The summed E-state index contributed by atoms with van der Waals surface area (Å²) < 4.78 is 5.35. The molecular formula is C11H18O2Si. The van der Waals surface area contributed by atoms with Crippen molar-refractivity contribution in [3.63, 3.8) is 0 Å². The Kier molecular flexibility index (Phi) is 3.69. The van der Waals surface area contributed by atoms with Gasteiger partial charge in [0.05, 0.1) is 8.80 Å².